The van der Waals surface area contributed by atoms with E-state index < -0.39 is 0 Å². The summed E-state index contributed by atoms with van der Waals surface area (Å²) in [5, 5.41) is 11.5. The van der Waals surface area contributed by atoms with Crippen molar-refractivity contribution in [2.75, 3.05) is 13.7 Å². The van der Waals surface area contributed by atoms with E-state index in [1.165, 1.54) is 7.11 Å². The summed E-state index contributed by atoms with van der Waals surface area (Å²) in [5.74, 6) is 5.73. The Balaban J connectivity index is 3.06. The van der Waals surface area contributed by atoms with Crippen molar-refractivity contribution in [3.63, 3.8) is 0 Å². The second-order valence-electron chi connectivity index (χ2n) is 4.00. The zero-order valence-corrected chi connectivity index (χ0v) is 10.8. The van der Waals surface area contributed by atoms with Crippen LogP contribution < -0.4 is 10.1 Å². The summed E-state index contributed by atoms with van der Waals surface area (Å²) in [6.45, 7) is 3.56. The predicted molar refractivity (Wildman–Crippen MR) is 69.6 cm³/mol. The lowest BCUT2D eigenvalue weighted by molar-refractivity contribution is 0.0943. The molecule has 2 N–H and O–H groups in total. The van der Waals surface area contributed by atoms with E-state index in [0.29, 0.717) is 16.9 Å². The van der Waals surface area contributed by atoms with Crippen LogP contribution in [0.1, 0.15) is 29.8 Å². The number of ether oxygens (including phenoxy) is 1. The highest BCUT2D eigenvalue weighted by Crippen LogP contribution is 2.18. The van der Waals surface area contributed by atoms with E-state index in [9.17, 15) is 4.79 Å². The highest BCUT2D eigenvalue weighted by Gasteiger charge is 2.09. The monoisotopic (exact) mass is 247 g/mol. The Hall–Kier alpha value is -1.99. The SMILES string of the molecule is COc1ccc(C(=O)NC(C)C)cc1C#CCO. The summed E-state index contributed by atoms with van der Waals surface area (Å²) >= 11 is 0. The molecule has 0 aliphatic carbocycles. The highest BCUT2D eigenvalue weighted by atomic mass is 16.5. The van der Waals surface area contributed by atoms with Gasteiger partial charge in [-0.1, -0.05) is 11.8 Å². The number of hydrogen-bond acceptors (Lipinski definition) is 3. The summed E-state index contributed by atoms with van der Waals surface area (Å²) in [6.07, 6.45) is 0. The van der Waals surface area contributed by atoms with Crippen LogP contribution in [0.15, 0.2) is 18.2 Å². The number of nitrogens with one attached hydrogen (secondary N) is 1. The number of methoxy groups -OCH3 is 1. The minimum atomic E-state index is -0.231. The van der Waals surface area contributed by atoms with Crippen LogP contribution in [-0.2, 0) is 0 Å². The zero-order valence-electron chi connectivity index (χ0n) is 10.8. The Kier molecular flexibility index (Phi) is 5.22. The van der Waals surface area contributed by atoms with Crippen LogP contribution in [0, 0.1) is 11.8 Å². The molecule has 0 spiro atoms. The van der Waals surface area contributed by atoms with Gasteiger partial charge < -0.3 is 15.2 Å². The summed E-state index contributed by atoms with van der Waals surface area (Å²) in [6, 6.07) is 5.10. The Morgan fingerprint density at radius 3 is 2.78 bits per heavy atom. The van der Waals surface area contributed by atoms with E-state index in [-0.39, 0.29) is 18.6 Å². The van der Waals surface area contributed by atoms with Crippen LogP contribution in [0.4, 0.5) is 0 Å². The van der Waals surface area contributed by atoms with Crippen LogP contribution in [0.5, 0.6) is 5.75 Å². The molecule has 0 saturated carbocycles. The first-order valence-electron chi connectivity index (χ1n) is 5.67. The third-order valence-electron chi connectivity index (χ3n) is 2.18. The average Bonchev–Trinajstić information content (AvgIpc) is 2.35. The van der Waals surface area contributed by atoms with E-state index in [4.69, 9.17) is 9.84 Å². The summed E-state index contributed by atoms with van der Waals surface area (Å²) < 4.78 is 5.14. The van der Waals surface area contributed by atoms with Crippen molar-refractivity contribution < 1.29 is 14.6 Å². The quantitative estimate of drug-likeness (QED) is 0.788. The van der Waals surface area contributed by atoms with Gasteiger partial charge in [0.15, 0.2) is 0 Å². The van der Waals surface area contributed by atoms with Gasteiger partial charge in [-0.25, -0.2) is 0 Å². The predicted octanol–water partition coefficient (Wildman–Crippen LogP) is 1.18. The second-order valence-corrected chi connectivity index (χ2v) is 4.00. The largest absolute Gasteiger partial charge is 0.495 e. The van der Waals surface area contributed by atoms with Gasteiger partial charge in [0, 0.05) is 11.6 Å². The third-order valence-corrected chi connectivity index (χ3v) is 2.18. The van der Waals surface area contributed by atoms with Crippen molar-refractivity contribution in [2.45, 2.75) is 19.9 Å². The molecular weight excluding hydrogens is 230 g/mol. The van der Waals surface area contributed by atoms with Crippen molar-refractivity contribution in [1.82, 2.24) is 5.32 Å². The molecule has 0 atom stereocenters. The molecule has 0 aliphatic rings. The van der Waals surface area contributed by atoms with Gasteiger partial charge in [-0.15, -0.1) is 0 Å². The number of benzene rings is 1. The summed E-state index contributed by atoms with van der Waals surface area (Å²) in [4.78, 5) is 11.8. The molecule has 0 unspecified atom stereocenters. The van der Waals surface area contributed by atoms with Gasteiger partial charge in [0.05, 0.1) is 12.7 Å². The molecule has 0 aliphatic heterocycles. The first kappa shape index (κ1) is 14.1. The first-order valence-corrected chi connectivity index (χ1v) is 5.67. The van der Waals surface area contributed by atoms with Crippen molar-refractivity contribution in [3.05, 3.63) is 29.3 Å². The zero-order chi connectivity index (χ0) is 13.5. The van der Waals surface area contributed by atoms with Gasteiger partial charge in [0.2, 0.25) is 0 Å². The van der Waals surface area contributed by atoms with E-state index in [1.54, 1.807) is 18.2 Å². The van der Waals surface area contributed by atoms with Gasteiger partial charge >= 0.3 is 0 Å². The van der Waals surface area contributed by atoms with Gasteiger partial charge in [-0.3, -0.25) is 4.79 Å². The lowest BCUT2D eigenvalue weighted by Gasteiger charge is -2.10. The van der Waals surface area contributed by atoms with Gasteiger partial charge in [0.25, 0.3) is 5.91 Å². The molecular formula is C14H17NO3. The molecule has 18 heavy (non-hydrogen) atoms. The average molecular weight is 247 g/mol. The number of rotatable bonds is 3. The number of hydrogen-bond donors (Lipinski definition) is 2. The smallest absolute Gasteiger partial charge is 0.251 e. The number of carbonyl (C=O) groups excluding carboxylic acids is 1. The van der Waals surface area contributed by atoms with Gasteiger partial charge in [-0.2, -0.15) is 0 Å². The minimum Gasteiger partial charge on any atom is -0.495 e. The fraction of sp³-hybridized carbons (Fsp3) is 0.357. The Bertz CT molecular complexity index is 484. The number of aliphatic hydroxyl groups excluding tert-OH is 1. The fourth-order valence-corrected chi connectivity index (χ4v) is 1.43. The molecule has 0 saturated heterocycles. The summed E-state index contributed by atoms with van der Waals surface area (Å²) in [5.41, 5.74) is 1.11. The van der Waals surface area contributed by atoms with Crippen LogP contribution in [0.2, 0.25) is 0 Å². The maximum atomic E-state index is 11.8. The molecule has 0 heterocycles. The van der Waals surface area contributed by atoms with Crippen molar-refractivity contribution in [2.24, 2.45) is 0 Å². The normalized spacial score (nSPS) is 9.61. The number of amides is 1. The van der Waals surface area contributed by atoms with E-state index >= 15 is 0 Å². The maximum absolute atomic E-state index is 11.8. The lowest BCUT2D eigenvalue weighted by atomic mass is 10.1. The van der Waals surface area contributed by atoms with E-state index in [0.717, 1.165) is 0 Å². The molecule has 1 aromatic rings. The van der Waals surface area contributed by atoms with Crippen LogP contribution in [0.25, 0.3) is 0 Å². The molecule has 96 valence electrons. The van der Waals surface area contributed by atoms with Crippen LogP contribution in [-0.4, -0.2) is 30.8 Å². The molecule has 0 fully saturated rings. The second kappa shape index (κ2) is 6.67. The number of carbonyl (C=O) groups is 1. The molecule has 1 aromatic carbocycles. The minimum absolute atomic E-state index is 0.0755. The fourth-order valence-electron chi connectivity index (χ4n) is 1.43. The highest BCUT2D eigenvalue weighted by molar-refractivity contribution is 5.95. The lowest BCUT2D eigenvalue weighted by Crippen LogP contribution is -2.30. The van der Waals surface area contributed by atoms with E-state index in [2.05, 4.69) is 17.2 Å². The van der Waals surface area contributed by atoms with E-state index in [1.807, 2.05) is 13.8 Å². The standard InChI is InChI=1S/C14H17NO3/c1-10(2)15-14(17)12-6-7-13(18-3)11(9-12)5-4-8-16/h6-7,9-10,16H,8H2,1-3H3,(H,15,17). The molecule has 1 rings (SSSR count). The van der Waals surface area contributed by atoms with Crippen LogP contribution >= 0.6 is 0 Å². The molecule has 4 nitrogen and oxygen atoms in total. The number of aliphatic hydroxyl groups is 1. The molecule has 4 heteroatoms. The van der Waals surface area contributed by atoms with Crippen LogP contribution in [0.3, 0.4) is 0 Å². The van der Waals surface area contributed by atoms with Crippen molar-refractivity contribution in [1.29, 1.82) is 0 Å². The maximum Gasteiger partial charge on any atom is 0.251 e. The molecule has 0 radical (unpaired) electrons. The first-order chi connectivity index (χ1) is 8.58. The van der Waals surface area contributed by atoms with Crippen molar-refractivity contribution >= 4 is 5.91 Å². The Morgan fingerprint density at radius 2 is 2.22 bits per heavy atom. The summed E-state index contributed by atoms with van der Waals surface area (Å²) in [7, 11) is 1.54. The van der Waals surface area contributed by atoms with Gasteiger partial charge in [-0.05, 0) is 32.0 Å². The molecule has 0 bridgehead atoms. The molecule has 1 amide bonds. The van der Waals surface area contributed by atoms with Crippen molar-refractivity contribution in [3.8, 4) is 17.6 Å². The third kappa shape index (κ3) is 3.79. The Labute approximate surface area is 107 Å². The Morgan fingerprint density at radius 1 is 1.50 bits per heavy atom. The van der Waals surface area contributed by atoms with Gasteiger partial charge in [0.1, 0.15) is 12.4 Å². The topological polar surface area (TPSA) is 58.6 Å². The molecule has 0 aromatic heterocycles.